The van der Waals surface area contributed by atoms with Crippen molar-refractivity contribution < 1.29 is 9.53 Å². The van der Waals surface area contributed by atoms with Crippen molar-refractivity contribution in [3.05, 3.63) is 0 Å². The van der Waals surface area contributed by atoms with Crippen molar-refractivity contribution in [2.75, 3.05) is 13.7 Å². The van der Waals surface area contributed by atoms with Crippen LogP contribution in [0.5, 0.6) is 0 Å². The molecule has 1 saturated heterocycles. The van der Waals surface area contributed by atoms with Crippen LogP contribution in [0.1, 0.15) is 39.5 Å². The van der Waals surface area contributed by atoms with Crippen LogP contribution < -0.4 is 5.32 Å². The third-order valence-corrected chi connectivity index (χ3v) is 3.67. The van der Waals surface area contributed by atoms with Gasteiger partial charge in [0.25, 0.3) is 0 Å². The van der Waals surface area contributed by atoms with Crippen LogP contribution in [0.25, 0.3) is 0 Å². The van der Waals surface area contributed by atoms with E-state index in [2.05, 4.69) is 19.2 Å². The summed E-state index contributed by atoms with van der Waals surface area (Å²) in [7, 11) is 1.70. The maximum Gasteiger partial charge on any atom is 0.244 e. The SMILES string of the molecule is CCCC(COC)N1C(=O)C2(CC2)NC1C. The highest BCUT2D eigenvalue weighted by atomic mass is 16.5. The van der Waals surface area contributed by atoms with Crippen molar-refractivity contribution in [3.63, 3.8) is 0 Å². The van der Waals surface area contributed by atoms with Gasteiger partial charge in [-0.2, -0.15) is 0 Å². The highest BCUT2D eigenvalue weighted by molar-refractivity contribution is 5.92. The lowest BCUT2D eigenvalue weighted by atomic mass is 10.1. The third kappa shape index (κ3) is 1.84. The van der Waals surface area contributed by atoms with Gasteiger partial charge in [0.2, 0.25) is 5.91 Å². The van der Waals surface area contributed by atoms with Gasteiger partial charge in [-0.15, -0.1) is 0 Å². The molecule has 2 rings (SSSR count). The Morgan fingerprint density at radius 3 is 2.75 bits per heavy atom. The molecule has 4 nitrogen and oxygen atoms in total. The van der Waals surface area contributed by atoms with Crippen LogP contribution >= 0.6 is 0 Å². The van der Waals surface area contributed by atoms with Crippen molar-refractivity contribution in [2.24, 2.45) is 0 Å². The van der Waals surface area contributed by atoms with Gasteiger partial charge in [-0.3, -0.25) is 10.1 Å². The Kier molecular flexibility index (Phi) is 3.22. The summed E-state index contributed by atoms with van der Waals surface area (Å²) in [5, 5.41) is 3.42. The highest BCUT2D eigenvalue weighted by Crippen LogP contribution is 2.42. The molecule has 0 aromatic heterocycles. The molecule has 0 bridgehead atoms. The molecule has 1 N–H and O–H groups in total. The zero-order valence-corrected chi connectivity index (χ0v) is 10.5. The fourth-order valence-electron chi connectivity index (χ4n) is 2.75. The molecule has 1 amide bonds. The van der Waals surface area contributed by atoms with E-state index in [0.717, 1.165) is 25.7 Å². The Morgan fingerprint density at radius 2 is 2.31 bits per heavy atom. The molecule has 2 aliphatic rings. The lowest BCUT2D eigenvalue weighted by molar-refractivity contribution is -0.134. The van der Waals surface area contributed by atoms with Gasteiger partial charge in [-0.1, -0.05) is 13.3 Å². The van der Waals surface area contributed by atoms with Crippen LogP contribution in [0, 0.1) is 0 Å². The summed E-state index contributed by atoms with van der Waals surface area (Å²) >= 11 is 0. The van der Waals surface area contributed by atoms with Gasteiger partial charge in [0.05, 0.1) is 24.4 Å². The monoisotopic (exact) mass is 226 g/mol. The summed E-state index contributed by atoms with van der Waals surface area (Å²) in [4.78, 5) is 14.3. The van der Waals surface area contributed by atoms with E-state index in [4.69, 9.17) is 4.74 Å². The number of methoxy groups -OCH3 is 1. The van der Waals surface area contributed by atoms with Crippen LogP contribution in [-0.4, -0.2) is 42.3 Å². The quantitative estimate of drug-likeness (QED) is 0.763. The van der Waals surface area contributed by atoms with Crippen molar-refractivity contribution in [1.29, 1.82) is 0 Å². The standard InChI is InChI=1S/C12H22N2O2/c1-4-5-10(8-16-3)14-9(2)13-12(6-7-12)11(14)15/h9-10,13H,4-8H2,1-3H3. The maximum absolute atomic E-state index is 12.3. The lowest BCUT2D eigenvalue weighted by Crippen LogP contribution is -2.45. The minimum absolute atomic E-state index is 0.154. The molecule has 2 atom stereocenters. The van der Waals surface area contributed by atoms with E-state index in [1.54, 1.807) is 7.11 Å². The highest BCUT2D eigenvalue weighted by Gasteiger charge is 2.59. The molecule has 92 valence electrons. The van der Waals surface area contributed by atoms with Gasteiger partial charge in [0.1, 0.15) is 0 Å². The summed E-state index contributed by atoms with van der Waals surface area (Å²) in [6, 6.07) is 0.227. The van der Waals surface area contributed by atoms with E-state index < -0.39 is 0 Å². The van der Waals surface area contributed by atoms with E-state index in [-0.39, 0.29) is 23.7 Å². The number of amides is 1. The Balaban J connectivity index is 2.08. The first-order valence-corrected chi connectivity index (χ1v) is 6.24. The van der Waals surface area contributed by atoms with Gasteiger partial charge >= 0.3 is 0 Å². The van der Waals surface area contributed by atoms with Crippen LogP contribution in [0.15, 0.2) is 0 Å². The summed E-state index contributed by atoms with van der Waals surface area (Å²) in [6.45, 7) is 4.86. The van der Waals surface area contributed by atoms with E-state index in [0.29, 0.717) is 6.61 Å². The second-order valence-electron chi connectivity index (χ2n) is 5.01. The number of ether oxygens (including phenoxy) is 1. The first kappa shape index (κ1) is 11.9. The van der Waals surface area contributed by atoms with E-state index in [1.165, 1.54) is 0 Å². The smallest absolute Gasteiger partial charge is 0.244 e. The molecule has 4 heteroatoms. The van der Waals surface area contributed by atoms with Crippen molar-refractivity contribution >= 4 is 5.91 Å². The Hall–Kier alpha value is -0.610. The van der Waals surface area contributed by atoms with E-state index in [1.807, 2.05) is 4.90 Å². The van der Waals surface area contributed by atoms with Gasteiger partial charge in [-0.05, 0) is 26.2 Å². The molecule has 1 saturated carbocycles. The summed E-state index contributed by atoms with van der Waals surface area (Å²) in [5.41, 5.74) is -0.195. The zero-order valence-electron chi connectivity index (χ0n) is 10.5. The van der Waals surface area contributed by atoms with Crippen molar-refractivity contribution in [2.45, 2.75) is 57.3 Å². The second-order valence-corrected chi connectivity index (χ2v) is 5.01. The average Bonchev–Trinajstić information content (AvgIpc) is 2.94. The molecule has 1 aliphatic heterocycles. The molecule has 2 fully saturated rings. The number of nitrogens with one attached hydrogen (secondary N) is 1. The third-order valence-electron chi connectivity index (χ3n) is 3.67. The van der Waals surface area contributed by atoms with Crippen molar-refractivity contribution in [1.82, 2.24) is 10.2 Å². The first-order chi connectivity index (χ1) is 7.64. The number of carbonyl (C=O) groups is 1. The largest absolute Gasteiger partial charge is 0.383 e. The maximum atomic E-state index is 12.3. The van der Waals surface area contributed by atoms with Crippen LogP contribution in [0.3, 0.4) is 0 Å². The first-order valence-electron chi connectivity index (χ1n) is 6.24. The molecule has 2 unspecified atom stereocenters. The average molecular weight is 226 g/mol. The van der Waals surface area contributed by atoms with Gasteiger partial charge in [-0.25, -0.2) is 0 Å². The summed E-state index contributed by atoms with van der Waals surface area (Å²) in [6.07, 6.45) is 4.25. The number of hydrogen-bond acceptors (Lipinski definition) is 3. The second kappa shape index (κ2) is 4.34. The molecule has 1 spiro atoms. The van der Waals surface area contributed by atoms with Crippen molar-refractivity contribution in [3.8, 4) is 0 Å². The van der Waals surface area contributed by atoms with E-state index >= 15 is 0 Å². The normalized spacial score (nSPS) is 28.8. The number of nitrogens with zero attached hydrogens (tertiary/aromatic N) is 1. The summed E-state index contributed by atoms with van der Waals surface area (Å²) in [5.74, 6) is 0.288. The van der Waals surface area contributed by atoms with Crippen LogP contribution in [0.2, 0.25) is 0 Å². The van der Waals surface area contributed by atoms with Crippen LogP contribution in [0.4, 0.5) is 0 Å². The molecular formula is C12H22N2O2. The van der Waals surface area contributed by atoms with Gasteiger partial charge in [0.15, 0.2) is 0 Å². The molecule has 0 aromatic carbocycles. The molecule has 0 radical (unpaired) electrons. The number of hydrogen-bond donors (Lipinski definition) is 1. The lowest BCUT2D eigenvalue weighted by Gasteiger charge is -2.30. The topological polar surface area (TPSA) is 41.6 Å². The number of carbonyl (C=O) groups excluding carboxylic acids is 1. The Bertz CT molecular complexity index is 270. The van der Waals surface area contributed by atoms with Gasteiger partial charge < -0.3 is 9.64 Å². The Labute approximate surface area is 97.3 Å². The fraction of sp³-hybridized carbons (Fsp3) is 0.917. The molecular weight excluding hydrogens is 204 g/mol. The summed E-state index contributed by atoms with van der Waals surface area (Å²) < 4.78 is 5.23. The molecule has 1 heterocycles. The minimum atomic E-state index is -0.195. The van der Waals surface area contributed by atoms with Crippen LogP contribution in [-0.2, 0) is 9.53 Å². The Morgan fingerprint density at radius 1 is 1.62 bits per heavy atom. The molecule has 0 aromatic rings. The molecule has 1 aliphatic carbocycles. The number of rotatable bonds is 5. The predicted octanol–water partition coefficient (Wildman–Crippen LogP) is 1.11. The minimum Gasteiger partial charge on any atom is -0.383 e. The predicted molar refractivity (Wildman–Crippen MR) is 62.0 cm³/mol. The zero-order chi connectivity index (χ0) is 11.8. The molecule has 16 heavy (non-hydrogen) atoms. The fourth-order valence-corrected chi connectivity index (χ4v) is 2.75. The van der Waals surface area contributed by atoms with Gasteiger partial charge in [0, 0.05) is 7.11 Å². The van der Waals surface area contributed by atoms with E-state index in [9.17, 15) is 4.79 Å².